The molecule has 136 valence electrons. The van der Waals surface area contributed by atoms with Gasteiger partial charge in [-0.15, -0.1) is 0 Å². The lowest BCUT2D eigenvalue weighted by Gasteiger charge is -2.16. The van der Waals surface area contributed by atoms with Gasteiger partial charge in [-0.2, -0.15) is 0 Å². The quantitative estimate of drug-likeness (QED) is 0.734. The molecule has 6 heteroatoms. The molecule has 0 spiro atoms. The van der Waals surface area contributed by atoms with Crippen LogP contribution in [0.1, 0.15) is 43.5 Å². The number of para-hydroxylation sites is 1. The number of hydrogen-bond acceptors (Lipinski definition) is 4. The van der Waals surface area contributed by atoms with Crippen molar-refractivity contribution >= 4 is 23.5 Å². The fraction of sp³-hybridized carbons (Fsp3) is 0.526. The second-order valence-corrected chi connectivity index (χ2v) is 6.32. The van der Waals surface area contributed by atoms with Crippen LogP contribution in [0.15, 0.2) is 24.3 Å². The fourth-order valence-corrected chi connectivity index (χ4v) is 2.75. The van der Waals surface area contributed by atoms with E-state index in [9.17, 15) is 14.4 Å². The lowest BCUT2D eigenvalue weighted by atomic mass is 10.1. The second kappa shape index (κ2) is 8.65. The zero-order chi connectivity index (χ0) is 18.4. The van der Waals surface area contributed by atoms with E-state index >= 15 is 0 Å². The Morgan fingerprint density at radius 2 is 1.92 bits per heavy atom. The molecular weight excluding hydrogens is 320 g/mol. The van der Waals surface area contributed by atoms with Gasteiger partial charge >= 0.3 is 5.97 Å². The molecule has 2 rings (SSSR count). The summed E-state index contributed by atoms with van der Waals surface area (Å²) in [4.78, 5) is 38.4. The van der Waals surface area contributed by atoms with Gasteiger partial charge in [0.25, 0.3) is 0 Å². The summed E-state index contributed by atoms with van der Waals surface area (Å²) >= 11 is 0. The van der Waals surface area contributed by atoms with Crippen molar-refractivity contribution in [1.82, 2.24) is 4.90 Å². The number of amides is 2. The average Bonchev–Trinajstić information content (AvgIpc) is 3.40. The third-order valence-electron chi connectivity index (χ3n) is 4.35. The molecular formula is C19H26N2O4. The fourth-order valence-electron chi connectivity index (χ4n) is 2.75. The Balaban J connectivity index is 1.96. The van der Waals surface area contributed by atoms with Crippen LogP contribution in [0.25, 0.3) is 0 Å². The van der Waals surface area contributed by atoms with Crippen molar-refractivity contribution in [3.05, 3.63) is 29.8 Å². The van der Waals surface area contributed by atoms with Crippen LogP contribution in [0.4, 0.5) is 5.69 Å². The Labute approximate surface area is 148 Å². The number of hydrogen-bond donors (Lipinski definition) is 1. The van der Waals surface area contributed by atoms with Gasteiger partial charge in [0.15, 0.2) is 0 Å². The van der Waals surface area contributed by atoms with Crippen molar-refractivity contribution in [2.45, 2.75) is 33.1 Å². The molecule has 0 saturated heterocycles. The molecule has 0 bridgehead atoms. The van der Waals surface area contributed by atoms with Crippen LogP contribution in [0.2, 0.25) is 0 Å². The minimum Gasteiger partial charge on any atom is -0.462 e. The first-order valence-electron chi connectivity index (χ1n) is 8.81. The van der Waals surface area contributed by atoms with Gasteiger partial charge in [-0.3, -0.25) is 9.59 Å². The van der Waals surface area contributed by atoms with E-state index in [0.717, 1.165) is 12.8 Å². The first-order valence-corrected chi connectivity index (χ1v) is 8.81. The molecule has 2 amide bonds. The second-order valence-electron chi connectivity index (χ2n) is 6.32. The predicted molar refractivity (Wildman–Crippen MR) is 95.2 cm³/mol. The molecule has 1 aromatic rings. The van der Waals surface area contributed by atoms with E-state index in [1.807, 2.05) is 0 Å². The van der Waals surface area contributed by atoms with Crippen LogP contribution in [0.5, 0.6) is 0 Å². The number of esters is 1. The highest BCUT2D eigenvalue weighted by atomic mass is 16.5. The summed E-state index contributed by atoms with van der Waals surface area (Å²) < 4.78 is 5.00. The normalized spacial score (nSPS) is 18.4. The molecule has 25 heavy (non-hydrogen) atoms. The number of anilines is 1. The lowest BCUT2D eigenvalue weighted by Crippen LogP contribution is -2.30. The first kappa shape index (κ1) is 19.0. The minimum atomic E-state index is -0.471. The average molecular weight is 346 g/mol. The van der Waals surface area contributed by atoms with E-state index in [1.165, 1.54) is 0 Å². The number of benzene rings is 1. The van der Waals surface area contributed by atoms with E-state index in [0.29, 0.717) is 24.2 Å². The summed E-state index contributed by atoms with van der Waals surface area (Å²) in [5.74, 6) is -1.25. The molecule has 1 N–H and O–H groups in total. The third-order valence-corrected chi connectivity index (χ3v) is 4.35. The molecule has 1 fully saturated rings. The van der Waals surface area contributed by atoms with Crippen molar-refractivity contribution in [3.8, 4) is 0 Å². The number of rotatable bonds is 8. The van der Waals surface area contributed by atoms with Crippen molar-refractivity contribution in [2.75, 3.05) is 25.5 Å². The highest BCUT2D eigenvalue weighted by Crippen LogP contribution is 2.40. The lowest BCUT2D eigenvalue weighted by molar-refractivity contribution is -0.132. The zero-order valence-corrected chi connectivity index (χ0v) is 15.1. The van der Waals surface area contributed by atoms with Crippen LogP contribution in [0.3, 0.4) is 0 Å². The van der Waals surface area contributed by atoms with Gasteiger partial charge in [0.1, 0.15) is 0 Å². The Kier molecular flexibility index (Phi) is 6.56. The van der Waals surface area contributed by atoms with Gasteiger partial charge in [-0.05, 0) is 31.9 Å². The van der Waals surface area contributed by atoms with E-state index in [4.69, 9.17) is 4.74 Å². The number of carbonyl (C=O) groups excluding carboxylic acids is 3. The maximum absolute atomic E-state index is 12.4. The van der Waals surface area contributed by atoms with Crippen LogP contribution in [-0.4, -0.2) is 42.9 Å². The molecule has 0 heterocycles. The van der Waals surface area contributed by atoms with E-state index in [1.54, 1.807) is 43.1 Å². The number of nitrogens with one attached hydrogen (secondary N) is 1. The van der Waals surface area contributed by atoms with Crippen molar-refractivity contribution in [3.63, 3.8) is 0 Å². The van der Waals surface area contributed by atoms with Gasteiger partial charge in [0.05, 0.1) is 29.7 Å². The van der Waals surface area contributed by atoms with Gasteiger partial charge in [0, 0.05) is 13.6 Å². The van der Waals surface area contributed by atoms with Gasteiger partial charge in [0.2, 0.25) is 11.8 Å². The Morgan fingerprint density at radius 3 is 2.60 bits per heavy atom. The number of nitrogens with zero attached hydrogens (tertiary/aromatic N) is 1. The Bertz CT molecular complexity index is 644. The number of unbranched alkanes of at least 4 members (excludes halogenated alkanes) is 1. The third kappa shape index (κ3) is 4.81. The molecule has 0 aliphatic heterocycles. The monoisotopic (exact) mass is 346 g/mol. The van der Waals surface area contributed by atoms with E-state index in [2.05, 4.69) is 12.2 Å². The van der Waals surface area contributed by atoms with Crippen molar-refractivity contribution in [2.24, 2.45) is 11.8 Å². The van der Waals surface area contributed by atoms with Crippen LogP contribution in [0, 0.1) is 11.8 Å². The summed E-state index contributed by atoms with van der Waals surface area (Å²) in [5.41, 5.74) is 0.740. The number of carbonyl (C=O) groups is 3. The largest absolute Gasteiger partial charge is 0.462 e. The molecule has 2 unspecified atom stereocenters. The predicted octanol–water partition coefficient (Wildman–Crippen LogP) is 2.70. The topological polar surface area (TPSA) is 75.7 Å². The molecule has 6 nitrogen and oxygen atoms in total. The first-order chi connectivity index (χ1) is 12.0. The zero-order valence-electron chi connectivity index (χ0n) is 15.1. The van der Waals surface area contributed by atoms with Gasteiger partial charge in [-0.25, -0.2) is 4.79 Å². The maximum Gasteiger partial charge on any atom is 0.340 e. The van der Waals surface area contributed by atoms with E-state index < -0.39 is 5.97 Å². The Hall–Kier alpha value is -2.37. The summed E-state index contributed by atoms with van der Waals surface area (Å²) in [6.07, 6.45) is 2.54. The Morgan fingerprint density at radius 1 is 1.20 bits per heavy atom. The SMILES string of the molecule is CCCCN(C)C(=O)C1CC1C(=O)Nc1ccccc1C(=O)OCC. The summed E-state index contributed by atoms with van der Waals surface area (Å²) in [7, 11) is 1.78. The maximum atomic E-state index is 12.4. The van der Waals surface area contributed by atoms with Crippen LogP contribution < -0.4 is 5.32 Å². The van der Waals surface area contributed by atoms with Gasteiger partial charge in [-0.1, -0.05) is 25.5 Å². The van der Waals surface area contributed by atoms with E-state index in [-0.39, 0.29) is 30.3 Å². The molecule has 1 aliphatic carbocycles. The molecule has 1 aromatic carbocycles. The summed E-state index contributed by atoms with van der Waals surface area (Å²) in [6.45, 7) is 4.79. The minimum absolute atomic E-state index is 0.0206. The standard InChI is InChI=1S/C19H26N2O4/c1-4-6-11-21(3)18(23)15-12-14(15)17(22)20-16-10-8-7-9-13(16)19(24)25-5-2/h7-10,14-15H,4-6,11-12H2,1-3H3,(H,20,22). The highest BCUT2D eigenvalue weighted by Gasteiger charge is 2.49. The van der Waals surface area contributed by atoms with Gasteiger partial charge < -0.3 is 15.0 Å². The molecule has 2 atom stereocenters. The van der Waals surface area contributed by atoms with Crippen LogP contribution >= 0.6 is 0 Å². The van der Waals surface area contributed by atoms with Crippen LogP contribution in [-0.2, 0) is 14.3 Å². The molecule has 1 saturated carbocycles. The molecule has 1 aliphatic rings. The van der Waals surface area contributed by atoms with Crippen molar-refractivity contribution in [1.29, 1.82) is 0 Å². The summed E-state index contributed by atoms with van der Waals surface area (Å²) in [5, 5.41) is 2.77. The van der Waals surface area contributed by atoms with Crippen molar-refractivity contribution < 1.29 is 19.1 Å². The molecule has 0 aromatic heterocycles. The number of ether oxygens (including phenoxy) is 1. The molecule has 0 radical (unpaired) electrons. The highest BCUT2D eigenvalue weighted by molar-refractivity contribution is 6.04. The smallest absolute Gasteiger partial charge is 0.340 e. The summed E-state index contributed by atoms with van der Waals surface area (Å²) in [6, 6.07) is 6.73.